The van der Waals surface area contributed by atoms with Crippen LogP contribution in [0.2, 0.25) is 0 Å². The summed E-state index contributed by atoms with van der Waals surface area (Å²) in [6, 6.07) is 12.5. The molecule has 0 amide bonds. The SMILES string of the molecule is Cc1c2c(=O)n(-c3cccc(F)c3)[nH]c2cc(=O)n1Cc1ccccn1. The number of rotatable bonds is 3. The maximum atomic E-state index is 13.5. The Bertz CT molecular complexity index is 1220. The van der Waals surface area contributed by atoms with Crippen LogP contribution in [-0.2, 0) is 6.54 Å². The van der Waals surface area contributed by atoms with Crippen LogP contribution in [0, 0.1) is 12.7 Å². The fraction of sp³-hybridized carbons (Fsp3) is 0.105. The van der Waals surface area contributed by atoms with Gasteiger partial charge >= 0.3 is 0 Å². The number of hydrogen-bond acceptors (Lipinski definition) is 3. The smallest absolute Gasteiger partial charge is 0.280 e. The molecule has 0 aliphatic rings. The van der Waals surface area contributed by atoms with Crippen molar-refractivity contribution in [3.8, 4) is 5.69 Å². The van der Waals surface area contributed by atoms with Crippen molar-refractivity contribution >= 4 is 10.9 Å². The zero-order valence-corrected chi connectivity index (χ0v) is 13.9. The van der Waals surface area contributed by atoms with E-state index in [-0.39, 0.29) is 17.7 Å². The standard InChI is InChI=1S/C19H15FN4O2/c1-12-18-16(10-17(25)23(12)11-14-6-2-3-8-21-14)22-24(19(18)26)15-7-4-5-13(20)9-15/h2-10,22H,11H2,1H3. The summed E-state index contributed by atoms with van der Waals surface area (Å²) in [5, 5.41) is 3.28. The van der Waals surface area contributed by atoms with Crippen LogP contribution in [0.3, 0.4) is 0 Å². The minimum Gasteiger partial charge on any atom is -0.306 e. The van der Waals surface area contributed by atoms with Gasteiger partial charge in [-0.3, -0.25) is 19.7 Å². The Morgan fingerprint density at radius 1 is 1.12 bits per heavy atom. The van der Waals surface area contributed by atoms with Crippen molar-refractivity contribution in [2.24, 2.45) is 0 Å². The van der Waals surface area contributed by atoms with Crippen molar-refractivity contribution in [1.82, 2.24) is 19.3 Å². The molecule has 0 fully saturated rings. The van der Waals surface area contributed by atoms with Crippen LogP contribution in [0.4, 0.5) is 4.39 Å². The van der Waals surface area contributed by atoms with E-state index in [0.29, 0.717) is 22.3 Å². The predicted octanol–water partition coefficient (Wildman–Crippen LogP) is 2.37. The van der Waals surface area contributed by atoms with E-state index in [9.17, 15) is 14.0 Å². The Morgan fingerprint density at radius 2 is 1.96 bits per heavy atom. The van der Waals surface area contributed by atoms with Crippen LogP contribution < -0.4 is 11.1 Å². The minimum atomic E-state index is -0.445. The first kappa shape index (κ1) is 16.0. The number of hydrogen-bond donors (Lipinski definition) is 1. The molecular weight excluding hydrogens is 335 g/mol. The third kappa shape index (κ3) is 2.63. The van der Waals surface area contributed by atoms with Gasteiger partial charge in [-0.15, -0.1) is 0 Å². The van der Waals surface area contributed by atoms with Gasteiger partial charge in [-0.05, 0) is 37.3 Å². The molecule has 3 aromatic heterocycles. The third-order valence-corrected chi connectivity index (χ3v) is 4.33. The number of halogens is 1. The highest BCUT2D eigenvalue weighted by molar-refractivity contribution is 5.80. The fourth-order valence-corrected chi connectivity index (χ4v) is 3.06. The van der Waals surface area contributed by atoms with Gasteiger partial charge in [0.1, 0.15) is 5.82 Å². The molecule has 7 heteroatoms. The lowest BCUT2D eigenvalue weighted by molar-refractivity contribution is 0.625. The number of nitrogens with zero attached hydrogens (tertiary/aromatic N) is 3. The average Bonchev–Trinajstić information content (AvgIpc) is 2.96. The number of benzene rings is 1. The van der Waals surface area contributed by atoms with Crippen molar-refractivity contribution in [1.29, 1.82) is 0 Å². The van der Waals surface area contributed by atoms with E-state index in [1.54, 1.807) is 25.3 Å². The normalized spacial score (nSPS) is 11.2. The van der Waals surface area contributed by atoms with Gasteiger partial charge in [0, 0.05) is 18.0 Å². The first-order valence-corrected chi connectivity index (χ1v) is 8.05. The van der Waals surface area contributed by atoms with Crippen molar-refractivity contribution in [3.05, 3.63) is 92.6 Å². The molecule has 6 nitrogen and oxygen atoms in total. The van der Waals surface area contributed by atoms with Crippen molar-refractivity contribution < 1.29 is 4.39 Å². The van der Waals surface area contributed by atoms with E-state index in [1.165, 1.54) is 33.5 Å². The molecule has 3 heterocycles. The van der Waals surface area contributed by atoms with E-state index < -0.39 is 5.82 Å². The number of aryl methyl sites for hydroxylation is 1. The largest absolute Gasteiger partial charge is 0.306 e. The highest BCUT2D eigenvalue weighted by atomic mass is 19.1. The van der Waals surface area contributed by atoms with E-state index in [2.05, 4.69) is 10.1 Å². The van der Waals surface area contributed by atoms with E-state index in [4.69, 9.17) is 0 Å². The number of nitrogens with one attached hydrogen (secondary N) is 1. The lowest BCUT2D eigenvalue weighted by atomic mass is 10.2. The van der Waals surface area contributed by atoms with Crippen LogP contribution >= 0.6 is 0 Å². The molecule has 0 unspecified atom stereocenters. The topological polar surface area (TPSA) is 72.7 Å². The lowest BCUT2D eigenvalue weighted by Crippen LogP contribution is -2.24. The predicted molar refractivity (Wildman–Crippen MR) is 96.2 cm³/mol. The molecule has 0 saturated heterocycles. The molecule has 1 N–H and O–H groups in total. The Hall–Kier alpha value is -3.48. The second-order valence-electron chi connectivity index (χ2n) is 6.00. The molecule has 130 valence electrons. The number of fused-ring (bicyclic) bond motifs is 1. The Kier molecular flexibility index (Phi) is 3.76. The number of aromatic amines is 1. The lowest BCUT2D eigenvalue weighted by Gasteiger charge is -2.09. The second kappa shape index (κ2) is 6.11. The molecule has 0 spiro atoms. The van der Waals surface area contributed by atoms with Crippen molar-refractivity contribution in [2.45, 2.75) is 13.5 Å². The first-order chi connectivity index (χ1) is 12.5. The zero-order valence-electron chi connectivity index (χ0n) is 13.9. The molecule has 0 aliphatic heterocycles. The molecule has 1 aromatic carbocycles. The molecule has 0 aliphatic carbocycles. The summed E-state index contributed by atoms with van der Waals surface area (Å²) in [5.74, 6) is -0.445. The van der Waals surface area contributed by atoms with Gasteiger partial charge in [0.05, 0.1) is 28.8 Å². The number of pyridine rings is 2. The Balaban J connectivity index is 1.91. The minimum absolute atomic E-state index is 0.242. The van der Waals surface area contributed by atoms with Crippen LogP contribution in [0.5, 0.6) is 0 Å². The summed E-state index contributed by atoms with van der Waals surface area (Å²) in [6.45, 7) is 1.99. The third-order valence-electron chi connectivity index (χ3n) is 4.33. The van der Waals surface area contributed by atoms with Gasteiger partial charge in [0.15, 0.2) is 0 Å². The van der Waals surface area contributed by atoms with Crippen molar-refractivity contribution in [2.75, 3.05) is 0 Å². The molecule has 4 rings (SSSR count). The van der Waals surface area contributed by atoms with E-state index >= 15 is 0 Å². The highest BCUT2D eigenvalue weighted by Gasteiger charge is 2.15. The fourth-order valence-electron chi connectivity index (χ4n) is 3.06. The van der Waals surface area contributed by atoms with Crippen LogP contribution in [-0.4, -0.2) is 19.3 Å². The van der Waals surface area contributed by atoms with Crippen LogP contribution in [0.15, 0.2) is 64.3 Å². The van der Waals surface area contributed by atoms with Gasteiger partial charge in [0.2, 0.25) is 0 Å². The van der Waals surface area contributed by atoms with Crippen molar-refractivity contribution in [3.63, 3.8) is 0 Å². The summed E-state index contributed by atoms with van der Waals surface area (Å²) < 4.78 is 16.3. The van der Waals surface area contributed by atoms with E-state index in [0.717, 1.165) is 5.69 Å². The maximum Gasteiger partial charge on any atom is 0.280 e. The van der Waals surface area contributed by atoms with E-state index in [1.807, 2.05) is 12.1 Å². The monoisotopic (exact) mass is 350 g/mol. The van der Waals surface area contributed by atoms with Gasteiger partial charge in [0.25, 0.3) is 11.1 Å². The molecule has 0 atom stereocenters. The van der Waals surface area contributed by atoms with Gasteiger partial charge in [-0.1, -0.05) is 12.1 Å². The maximum absolute atomic E-state index is 13.5. The average molecular weight is 350 g/mol. The van der Waals surface area contributed by atoms with Gasteiger partial charge in [-0.25, -0.2) is 9.07 Å². The summed E-state index contributed by atoms with van der Waals surface area (Å²) in [7, 11) is 0. The Labute approximate surface area is 147 Å². The summed E-state index contributed by atoms with van der Waals surface area (Å²) in [4.78, 5) is 29.6. The summed E-state index contributed by atoms with van der Waals surface area (Å²) in [6.07, 6.45) is 1.65. The highest BCUT2D eigenvalue weighted by Crippen LogP contribution is 2.14. The van der Waals surface area contributed by atoms with Gasteiger partial charge in [-0.2, -0.15) is 0 Å². The quantitative estimate of drug-likeness (QED) is 0.616. The Morgan fingerprint density at radius 3 is 2.69 bits per heavy atom. The molecule has 0 saturated carbocycles. The molecule has 26 heavy (non-hydrogen) atoms. The summed E-state index contributed by atoms with van der Waals surface area (Å²) >= 11 is 0. The van der Waals surface area contributed by atoms with Gasteiger partial charge < -0.3 is 4.57 Å². The number of H-pyrrole nitrogens is 1. The zero-order chi connectivity index (χ0) is 18.3. The first-order valence-electron chi connectivity index (χ1n) is 8.05. The molecule has 0 bridgehead atoms. The molecular formula is C19H15FN4O2. The van der Waals surface area contributed by atoms with Crippen LogP contribution in [0.25, 0.3) is 16.6 Å². The number of aromatic nitrogens is 4. The van der Waals surface area contributed by atoms with Crippen LogP contribution in [0.1, 0.15) is 11.4 Å². The summed E-state index contributed by atoms with van der Waals surface area (Å²) in [5.41, 5.74) is 1.46. The second-order valence-corrected chi connectivity index (χ2v) is 6.00. The molecule has 0 radical (unpaired) electrons. The molecule has 4 aromatic rings.